The summed E-state index contributed by atoms with van der Waals surface area (Å²) < 4.78 is 34.2. The van der Waals surface area contributed by atoms with Gasteiger partial charge in [-0.1, -0.05) is 0 Å². The van der Waals surface area contributed by atoms with E-state index >= 15 is 0 Å². The molecule has 1 fully saturated rings. The fourth-order valence-electron chi connectivity index (χ4n) is 2.78. The van der Waals surface area contributed by atoms with Gasteiger partial charge in [-0.3, -0.25) is 4.68 Å². The van der Waals surface area contributed by atoms with E-state index in [2.05, 4.69) is 5.10 Å². The van der Waals surface area contributed by atoms with Crippen molar-refractivity contribution in [3.63, 3.8) is 0 Å². The monoisotopic (exact) mass is 316 g/mol. The maximum Gasteiger partial charge on any atom is 0.246 e. The normalized spacial score (nSPS) is 17.6. The lowest BCUT2D eigenvalue weighted by Gasteiger charge is -2.30. The van der Waals surface area contributed by atoms with E-state index in [1.54, 1.807) is 25.6 Å². The van der Waals surface area contributed by atoms with Gasteiger partial charge in [0, 0.05) is 32.8 Å². The molecule has 0 atom stereocenters. The number of nitrogens with zero attached hydrogens (tertiary/aromatic N) is 3. The molecule has 1 aliphatic heterocycles. The predicted molar refractivity (Wildman–Crippen MR) is 79.5 cm³/mol. The second-order valence-corrected chi connectivity index (χ2v) is 7.31. The van der Waals surface area contributed by atoms with Gasteiger partial charge in [-0.15, -0.1) is 0 Å². The minimum atomic E-state index is -3.54. The maximum atomic E-state index is 12.9. The highest BCUT2D eigenvalue weighted by Crippen LogP contribution is 2.26. The molecule has 0 saturated carbocycles. The molecular weight excluding hydrogens is 292 g/mol. The second kappa shape index (κ2) is 6.43. The van der Waals surface area contributed by atoms with Crippen LogP contribution in [-0.4, -0.2) is 55.4 Å². The topological polar surface area (TPSA) is 90.5 Å². The van der Waals surface area contributed by atoms with E-state index in [1.165, 1.54) is 4.31 Å². The Balaban J connectivity index is 2.34. The number of hydrogen-bond acceptors (Lipinski definition) is 5. The fourth-order valence-corrected chi connectivity index (χ4v) is 4.57. The molecule has 7 nitrogen and oxygen atoms in total. The van der Waals surface area contributed by atoms with Crippen LogP contribution in [0.2, 0.25) is 0 Å². The van der Waals surface area contributed by atoms with Crippen molar-refractivity contribution in [2.75, 3.05) is 26.8 Å². The first-order valence-electron chi connectivity index (χ1n) is 7.19. The summed E-state index contributed by atoms with van der Waals surface area (Å²) in [6.07, 6.45) is 1.45. The van der Waals surface area contributed by atoms with E-state index in [4.69, 9.17) is 10.5 Å². The van der Waals surface area contributed by atoms with E-state index in [-0.39, 0.29) is 6.04 Å². The van der Waals surface area contributed by atoms with Crippen molar-refractivity contribution in [3.05, 3.63) is 11.4 Å². The molecule has 2 N–H and O–H groups in total. The van der Waals surface area contributed by atoms with Crippen LogP contribution in [0.25, 0.3) is 0 Å². The van der Waals surface area contributed by atoms with Crippen LogP contribution in [0.1, 0.15) is 24.2 Å². The molecule has 0 spiro atoms. The van der Waals surface area contributed by atoms with Gasteiger partial charge in [0.1, 0.15) is 4.90 Å². The zero-order valence-corrected chi connectivity index (χ0v) is 13.7. The molecule has 2 heterocycles. The first kappa shape index (κ1) is 16.4. The van der Waals surface area contributed by atoms with Gasteiger partial charge in [0.05, 0.1) is 17.9 Å². The van der Waals surface area contributed by atoms with Gasteiger partial charge in [-0.25, -0.2) is 8.42 Å². The predicted octanol–water partition coefficient (Wildman–Crippen LogP) is 0.258. The number of aryl methyl sites for hydroxylation is 1. The molecule has 1 saturated heterocycles. The zero-order valence-electron chi connectivity index (χ0n) is 12.9. The zero-order chi connectivity index (χ0) is 15.6. The van der Waals surface area contributed by atoms with E-state index in [9.17, 15) is 8.42 Å². The largest absolute Gasteiger partial charge is 0.381 e. The summed E-state index contributed by atoms with van der Waals surface area (Å²) in [5, 5.41) is 4.30. The van der Waals surface area contributed by atoms with Gasteiger partial charge in [0.25, 0.3) is 0 Å². The van der Waals surface area contributed by atoms with Crippen molar-refractivity contribution in [1.29, 1.82) is 0 Å². The molecule has 0 radical (unpaired) electrons. The minimum Gasteiger partial charge on any atom is -0.381 e. The lowest BCUT2D eigenvalue weighted by molar-refractivity contribution is 0.0632. The molecule has 1 aromatic rings. The Bertz CT molecular complexity index is 591. The van der Waals surface area contributed by atoms with Gasteiger partial charge < -0.3 is 10.5 Å². The quantitative estimate of drug-likeness (QED) is 0.841. The van der Waals surface area contributed by atoms with Gasteiger partial charge in [-0.2, -0.15) is 9.40 Å². The fraction of sp³-hybridized carbons (Fsp3) is 0.769. The molecule has 120 valence electrons. The number of rotatable bonds is 5. The summed E-state index contributed by atoms with van der Waals surface area (Å²) in [4.78, 5) is 0.310. The third-order valence-electron chi connectivity index (χ3n) is 4.00. The summed E-state index contributed by atoms with van der Waals surface area (Å²) in [5.74, 6) is 0. The Kier molecular flexibility index (Phi) is 5.03. The standard InChI is InChI=1S/C13H24N4O3S/c1-10-13(11(2)17(15-10)7-6-14)21(18,19)16(3)12-4-8-20-9-5-12/h12H,4-9,14H2,1-3H3. The van der Waals surface area contributed by atoms with Crippen molar-refractivity contribution in [2.45, 2.75) is 44.2 Å². The Labute approximate surface area is 126 Å². The number of ether oxygens (including phenoxy) is 1. The molecule has 0 aromatic carbocycles. The molecule has 8 heteroatoms. The molecule has 1 aliphatic rings. The summed E-state index contributed by atoms with van der Waals surface area (Å²) in [6, 6.07) is -0.0135. The molecule has 21 heavy (non-hydrogen) atoms. The smallest absolute Gasteiger partial charge is 0.246 e. The van der Waals surface area contributed by atoms with Crippen molar-refractivity contribution >= 4 is 10.0 Å². The first-order chi connectivity index (χ1) is 9.89. The minimum absolute atomic E-state index is 0.0135. The van der Waals surface area contributed by atoms with Crippen molar-refractivity contribution in [1.82, 2.24) is 14.1 Å². The van der Waals surface area contributed by atoms with E-state index in [1.807, 2.05) is 0 Å². The summed E-state index contributed by atoms with van der Waals surface area (Å²) in [5.41, 5.74) is 6.72. The van der Waals surface area contributed by atoms with Crippen molar-refractivity contribution < 1.29 is 13.2 Å². The van der Waals surface area contributed by atoms with E-state index in [0.29, 0.717) is 42.6 Å². The number of nitrogens with two attached hydrogens (primary N) is 1. The van der Waals surface area contributed by atoms with Crippen LogP contribution < -0.4 is 5.73 Å². The highest BCUT2D eigenvalue weighted by atomic mass is 32.2. The second-order valence-electron chi connectivity index (χ2n) is 5.38. The number of aromatic nitrogens is 2. The van der Waals surface area contributed by atoms with Crippen molar-refractivity contribution in [2.24, 2.45) is 5.73 Å². The van der Waals surface area contributed by atoms with Crippen LogP contribution >= 0.6 is 0 Å². The SMILES string of the molecule is Cc1nn(CCN)c(C)c1S(=O)(=O)N(C)C1CCOCC1. The average Bonchev–Trinajstić information content (AvgIpc) is 2.74. The number of hydrogen-bond donors (Lipinski definition) is 1. The number of sulfonamides is 1. The van der Waals surface area contributed by atoms with Gasteiger partial charge in [0.15, 0.2) is 0 Å². The van der Waals surface area contributed by atoms with E-state index < -0.39 is 10.0 Å². The lowest BCUT2D eigenvalue weighted by Crippen LogP contribution is -2.40. The highest BCUT2D eigenvalue weighted by Gasteiger charge is 2.33. The summed E-state index contributed by atoms with van der Waals surface area (Å²) in [7, 11) is -1.90. The van der Waals surface area contributed by atoms with Crippen LogP contribution in [0, 0.1) is 13.8 Å². The van der Waals surface area contributed by atoms with Gasteiger partial charge in [-0.05, 0) is 26.7 Å². The third kappa shape index (κ3) is 3.13. The Morgan fingerprint density at radius 3 is 2.57 bits per heavy atom. The molecule has 0 unspecified atom stereocenters. The van der Waals surface area contributed by atoms with E-state index in [0.717, 1.165) is 12.8 Å². The Hall–Kier alpha value is -0.960. The van der Waals surface area contributed by atoms with Crippen LogP contribution in [0.4, 0.5) is 0 Å². The Morgan fingerprint density at radius 2 is 2.00 bits per heavy atom. The molecule has 0 aliphatic carbocycles. The van der Waals surface area contributed by atoms with Crippen LogP contribution in [0.3, 0.4) is 0 Å². The average molecular weight is 316 g/mol. The first-order valence-corrected chi connectivity index (χ1v) is 8.63. The molecule has 0 amide bonds. The molecule has 0 bridgehead atoms. The van der Waals surface area contributed by atoms with Crippen LogP contribution in [0.15, 0.2) is 4.90 Å². The lowest BCUT2D eigenvalue weighted by atomic mass is 10.1. The van der Waals surface area contributed by atoms with Crippen molar-refractivity contribution in [3.8, 4) is 0 Å². The molecular formula is C13H24N4O3S. The molecule has 2 rings (SSSR count). The van der Waals surface area contributed by atoms with Crippen LogP contribution in [0.5, 0.6) is 0 Å². The highest BCUT2D eigenvalue weighted by molar-refractivity contribution is 7.89. The van der Waals surface area contributed by atoms with Gasteiger partial charge in [0.2, 0.25) is 10.0 Å². The summed E-state index contributed by atoms with van der Waals surface area (Å²) in [6.45, 7) is 5.66. The third-order valence-corrected chi connectivity index (χ3v) is 6.16. The summed E-state index contributed by atoms with van der Waals surface area (Å²) >= 11 is 0. The maximum absolute atomic E-state index is 12.9. The van der Waals surface area contributed by atoms with Crippen LogP contribution in [-0.2, 0) is 21.3 Å². The molecule has 1 aromatic heterocycles. The Morgan fingerprint density at radius 1 is 1.38 bits per heavy atom. The van der Waals surface area contributed by atoms with Gasteiger partial charge >= 0.3 is 0 Å².